The standard InChI is InChI=1S/C15H17N3O/c1-3-13-10-16-18-15(13)17-14(19)8-7-12-6-4-5-11(2)9-12/h4-10H,3H2,1-2H3,(H2,16,17,18,19)/b8-7+. The Bertz CT molecular complexity index is 599. The van der Waals surface area contributed by atoms with Crippen LogP contribution in [0.25, 0.3) is 6.08 Å². The van der Waals surface area contributed by atoms with E-state index in [1.54, 1.807) is 12.3 Å². The van der Waals surface area contributed by atoms with Crippen molar-refractivity contribution in [3.63, 3.8) is 0 Å². The van der Waals surface area contributed by atoms with E-state index < -0.39 is 0 Å². The minimum absolute atomic E-state index is 0.166. The van der Waals surface area contributed by atoms with Crippen LogP contribution in [-0.2, 0) is 11.2 Å². The molecule has 0 fully saturated rings. The van der Waals surface area contributed by atoms with E-state index in [4.69, 9.17) is 0 Å². The molecule has 0 saturated carbocycles. The van der Waals surface area contributed by atoms with Crippen LogP contribution in [0.5, 0.6) is 0 Å². The molecule has 0 unspecified atom stereocenters. The maximum absolute atomic E-state index is 11.8. The van der Waals surface area contributed by atoms with Crippen LogP contribution in [0.3, 0.4) is 0 Å². The van der Waals surface area contributed by atoms with Gasteiger partial charge in [0.2, 0.25) is 5.91 Å². The summed E-state index contributed by atoms with van der Waals surface area (Å²) in [6.07, 6.45) is 5.87. The number of benzene rings is 1. The number of hydrogen-bond donors (Lipinski definition) is 2. The van der Waals surface area contributed by atoms with E-state index in [0.717, 1.165) is 17.5 Å². The molecule has 1 aromatic heterocycles. The number of nitrogens with zero attached hydrogens (tertiary/aromatic N) is 1. The SMILES string of the molecule is CCc1cn[nH]c1NC(=O)/C=C/c1cccc(C)c1. The molecule has 0 aliphatic heterocycles. The average Bonchev–Trinajstić information content (AvgIpc) is 2.84. The normalized spacial score (nSPS) is 10.8. The highest BCUT2D eigenvalue weighted by molar-refractivity contribution is 6.01. The van der Waals surface area contributed by atoms with Crippen LogP contribution in [0.2, 0.25) is 0 Å². The second-order valence-electron chi connectivity index (χ2n) is 4.36. The maximum atomic E-state index is 11.8. The summed E-state index contributed by atoms with van der Waals surface area (Å²) in [7, 11) is 0. The zero-order valence-corrected chi connectivity index (χ0v) is 11.1. The Morgan fingerprint density at radius 3 is 3.05 bits per heavy atom. The zero-order chi connectivity index (χ0) is 13.7. The second-order valence-corrected chi connectivity index (χ2v) is 4.36. The molecule has 1 aromatic carbocycles. The van der Waals surface area contributed by atoms with Gasteiger partial charge in [-0.05, 0) is 25.0 Å². The third kappa shape index (κ3) is 3.55. The van der Waals surface area contributed by atoms with Gasteiger partial charge in [-0.3, -0.25) is 9.89 Å². The van der Waals surface area contributed by atoms with E-state index in [1.165, 1.54) is 11.6 Å². The van der Waals surface area contributed by atoms with E-state index in [9.17, 15) is 4.79 Å². The second kappa shape index (κ2) is 6.00. The van der Waals surface area contributed by atoms with Crippen molar-refractivity contribution in [2.75, 3.05) is 5.32 Å². The molecular formula is C15H17N3O. The zero-order valence-electron chi connectivity index (χ0n) is 11.1. The topological polar surface area (TPSA) is 57.8 Å². The fourth-order valence-corrected chi connectivity index (χ4v) is 1.80. The van der Waals surface area contributed by atoms with Crippen LogP contribution >= 0.6 is 0 Å². The molecule has 1 amide bonds. The van der Waals surface area contributed by atoms with Crippen LogP contribution in [0.1, 0.15) is 23.6 Å². The van der Waals surface area contributed by atoms with Crippen molar-refractivity contribution in [3.8, 4) is 0 Å². The van der Waals surface area contributed by atoms with Crippen molar-refractivity contribution in [3.05, 3.63) is 53.2 Å². The molecule has 2 aromatic rings. The van der Waals surface area contributed by atoms with Crippen molar-refractivity contribution in [2.24, 2.45) is 0 Å². The van der Waals surface area contributed by atoms with Gasteiger partial charge in [0.15, 0.2) is 0 Å². The summed E-state index contributed by atoms with van der Waals surface area (Å²) in [5.74, 6) is 0.502. The molecule has 19 heavy (non-hydrogen) atoms. The molecular weight excluding hydrogens is 238 g/mol. The number of rotatable bonds is 4. The van der Waals surface area contributed by atoms with E-state index in [2.05, 4.69) is 15.5 Å². The highest BCUT2D eigenvalue weighted by Crippen LogP contribution is 2.11. The third-order valence-corrected chi connectivity index (χ3v) is 2.82. The quantitative estimate of drug-likeness (QED) is 0.825. The van der Waals surface area contributed by atoms with Crippen LogP contribution in [0.4, 0.5) is 5.82 Å². The Balaban J connectivity index is 2.02. The lowest BCUT2D eigenvalue weighted by molar-refractivity contribution is -0.111. The summed E-state index contributed by atoms with van der Waals surface area (Å²) in [6.45, 7) is 4.04. The van der Waals surface area contributed by atoms with Gasteiger partial charge in [0.1, 0.15) is 5.82 Å². The summed E-state index contributed by atoms with van der Waals surface area (Å²) in [5.41, 5.74) is 3.18. The number of aromatic nitrogens is 2. The molecule has 2 rings (SSSR count). The van der Waals surface area contributed by atoms with E-state index in [0.29, 0.717) is 5.82 Å². The van der Waals surface area contributed by atoms with Crippen LogP contribution < -0.4 is 5.32 Å². The highest BCUT2D eigenvalue weighted by Gasteiger charge is 2.04. The lowest BCUT2D eigenvalue weighted by Gasteiger charge is -2.01. The van der Waals surface area contributed by atoms with Gasteiger partial charge in [-0.1, -0.05) is 36.8 Å². The molecule has 4 heteroatoms. The van der Waals surface area contributed by atoms with Crippen molar-refractivity contribution >= 4 is 17.8 Å². The fourth-order valence-electron chi connectivity index (χ4n) is 1.80. The van der Waals surface area contributed by atoms with Gasteiger partial charge in [0, 0.05) is 11.6 Å². The predicted octanol–water partition coefficient (Wildman–Crippen LogP) is 2.93. The molecule has 0 aliphatic rings. The van der Waals surface area contributed by atoms with Gasteiger partial charge in [0.05, 0.1) is 6.20 Å². The van der Waals surface area contributed by atoms with E-state index >= 15 is 0 Å². The minimum atomic E-state index is -0.166. The maximum Gasteiger partial charge on any atom is 0.249 e. The molecule has 2 N–H and O–H groups in total. The Morgan fingerprint density at radius 1 is 1.47 bits per heavy atom. The number of amides is 1. The van der Waals surface area contributed by atoms with Crippen molar-refractivity contribution < 1.29 is 4.79 Å². The number of hydrogen-bond acceptors (Lipinski definition) is 2. The van der Waals surface area contributed by atoms with E-state index in [-0.39, 0.29) is 5.91 Å². The number of nitrogens with one attached hydrogen (secondary N) is 2. The molecule has 1 heterocycles. The molecule has 0 bridgehead atoms. The lowest BCUT2D eigenvalue weighted by atomic mass is 10.1. The van der Waals surface area contributed by atoms with Crippen molar-refractivity contribution in [2.45, 2.75) is 20.3 Å². The number of aromatic amines is 1. The number of carbonyl (C=O) groups is 1. The number of carbonyl (C=O) groups excluding carboxylic acids is 1. The van der Waals surface area contributed by atoms with Crippen LogP contribution in [-0.4, -0.2) is 16.1 Å². The van der Waals surface area contributed by atoms with Crippen LogP contribution in [0.15, 0.2) is 36.5 Å². The fraction of sp³-hybridized carbons (Fsp3) is 0.200. The van der Waals surface area contributed by atoms with Crippen molar-refractivity contribution in [1.82, 2.24) is 10.2 Å². The summed E-state index contributed by atoms with van der Waals surface area (Å²) in [4.78, 5) is 11.8. The lowest BCUT2D eigenvalue weighted by Crippen LogP contribution is -2.09. The van der Waals surface area contributed by atoms with Gasteiger partial charge in [-0.25, -0.2) is 0 Å². The van der Waals surface area contributed by atoms with Gasteiger partial charge >= 0.3 is 0 Å². The molecule has 0 spiro atoms. The largest absolute Gasteiger partial charge is 0.307 e. The van der Waals surface area contributed by atoms with Gasteiger partial charge < -0.3 is 5.32 Å². The minimum Gasteiger partial charge on any atom is -0.307 e. The first-order valence-electron chi connectivity index (χ1n) is 6.27. The van der Waals surface area contributed by atoms with Gasteiger partial charge in [-0.2, -0.15) is 5.10 Å². The van der Waals surface area contributed by atoms with E-state index in [1.807, 2.05) is 38.1 Å². The molecule has 4 nitrogen and oxygen atoms in total. The Kier molecular flexibility index (Phi) is 4.13. The molecule has 0 radical (unpaired) electrons. The molecule has 0 saturated heterocycles. The number of anilines is 1. The predicted molar refractivity (Wildman–Crippen MR) is 76.8 cm³/mol. The van der Waals surface area contributed by atoms with Crippen molar-refractivity contribution in [1.29, 1.82) is 0 Å². The first-order chi connectivity index (χ1) is 9.19. The Hall–Kier alpha value is -2.36. The molecule has 98 valence electrons. The monoisotopic (exact) mass is 255 g/mol. The summed E-state index contributed by atoms with van der Waals surface area (Å²) in [6, 6.07) is 7.98. The van der Waals surface area contributed by atoms with Gasteiger partial charge in [-0.15, -0.1) is 0 Å². The highest BCUT2D eigenvalue weighted by atomic mass is 16.1. The third-order valence-electron chi connectivity index (χ3n) is 2.82. The first-order valence-corrected chi connectivity index (χ1v) is 6.27. The first kappa shape index (κ1) is 13.1. The number of aryl methyl sites for hydroxylation is 2. The molecule has 0 aliphatic carbocycles. The Morgan fingerprint density at radius 2 is 2.32 bits per heavy atom. The van der Waals surface area contributed by atoms with Crippen LogP contribution in [0, 0.1) is 6.92 Å². The average molecular weight is 255 g/mol. The molecule has 0 atom stereocenters. The van der Waals surface area contributed by atoms with Gasteiger partial charge in [0.25, 0.3) is 0 Å². The Labute approximate surface area is 112 Å². The number of H-pyrrole nitrogens is 1. The summed E-state index contributed by atoms with van der Waals surface area (Å²) >= 11 is 0. The smallest absolute Gasteiger partial charge is 0.249 e. The summed E-state index contributed by atoms with van der Waals surface area (Å²) in [5, 5.41) is 9.47. The summed E-state index contributed by atoms with van der Waals surface area (Å²) < 4.78 is 0.